The second kappa shape index (κ2) is 6.17. The summed E-state index contributed by atoms with van der Waals surface area (Å²) in [5, 5.41) is 18.2. The molecule has 0 heterocycles. The summed E-state index contributed by atoms with van der Waals surface area (Å²) in [7, 11) is -3.62. The molecular formula is C9H19NO5S. The van der Waals surface area contributed by atoms with Crippen LogP contribution in [0.25, 0.3) is 0 Å². The molecule has 0 unspecified atom stereocenters. The quantitative estimate of drug-likeness (QED) is 0.562. The Labute approximate surface area is 95.7 Å². The highest BCUT2D eigenvalue weighted by molar-refractivity contribution is 7.89. The van der Waals surface area contributed by atoms with E-state index in [1.165, 1.54) is 0 Å². The first-order valence-electron chi connectivity index (χ1n) is 5.16. The molecule has 3 N–H and O–H groups in total. The van der Waals surface area contributed by atoms with E-state index in [4.69, 9.17) is 5.11 Å². The second-order valence-corrected chi connectivity index (χ2v) is 5.64. The van der Waals surface area contributed by atoms with Gasteiger partial charge in [0, 0.05) is 6.54 Å². The average molecular weight is 253 g/mol. The Morgan fingerprint density at radius 2 is 1.81 bits per heavy atom. The van der Waals surface area contributed by atoms with Gasteiger partial charge in [0.2, 0.25) is 10.0 Å². The van der Waals surface area contributed by atoms with Gasteiger partial charge in [-0.05, 0) is 12.8 Å². The fourth-order valence-corrected chi connectivity index (χ4v) is 2.11. The zero-order chi connectivity index (χ0) is 12.8. The molecule has 0 fully saturated rings. The monoisotopic (exact) mass is 253 g/mol. The minimum atomic E-state index is -3.62. The average Bonchev–Trinajstić information content (AvgIpc) is 2.24. The Morgan fingerprint density at radius 1 is 1.31 bits per heavy atom. The summed E-state index contributed by atoms with van der Waals surface area (Å²) in [5.74, 6) is -1.63. The van der Waals surface area contributed by atoms with Gasteiger partial charge >= 0.3 is 5.97 Å². The molecule has 16 heavy (non-hydrogen) atoms. The van der Waals surface area contributed by atoms with E-state index in [1.807, 2.05) is 0 Å². The van der Waals surface area contributed by atoms with E-state index >= 15 is 0 Å². The van der Waals surface area contributed by atoms with Crippen molar-refractivity contribution < 1.29 is 23.4 Å². The van der Waals surface area contributed by atoms with Crippen LogP contribution in [0.1, 0.15) is 33.1 Å². The van der Waals surface area contributed by atoms with Gasteiger partial charge in [0.15, 0.2) is 0 Å². The number of hydrogen-bond acceptors (Lipinski definition) is 4. The van der Waals surface area contributed by atoms with Crippen molar-refractivity contribution in [2.45, 2.75) is 38.7 Å². The molecule has 0 rings (SSSR count). The standard InChI is InChI=1S/C9H19NO5S/c1-3-9(13,4-2)7-10-16(14,15)6-5-8(11)12/h10,13H,3-7H2,1-2H3,(H,11,12). The topological polar surface area (TPSA) is 104 Å². The SMILES string of the molecule is CCC(O)(CC)CNS(=O)(=O)CCC(=O)O. The van der Waals surface area contributed by atoms with Gasteiger partial charge in [-0.2, -0.15) is 0 Å². The van der Waals surface area contributed by atoms with Crippen molar-refractivity contribution in [3.63, 3.8) is 0 Å². The van der Waals surface area contributed by atoms with Crippen LogP contribution in [-0.4, -0.2) is 42.5 Å². The smallest absolute Gasteiger partial charge is 0.304 e. The highest BCUT2D eigenvalue weighted by Crippen LogP contribution is 2.13. The van der Waals surface area contributed by atoms with Gasteiger partial charge < -0.3 is 10.2 Å². The first kappa shape index (κ1) is 15.3. The van der Waals surface area contributed by atoms with Crippen molar-refractivity contribution in [2.75, 3.05) is 12.3 Å². The van der Waals surface area contributed by atoms with Crippen LogP contribution < -0.4 is 4.72 Å². The Balaban J connectivity index is 4.23. The molecule has 0 aliphatic rings. The first-order valence-corrected chi connectivity index (χ1v) is 6.81. The summed E-state index contributed by atoms with van der Waals surface area (Å²) < 4.78 is 24.9. The molecule has 0 saturated heterocycles. The van der Waals surface area contributed by atoms with Gasteiger partial charge in [-0.25, -0.2) is 13.1 Å². The Bertz CT molecular complexity index is 321. The number of carbonyl (C=O) groups is 1. The van der Waals surface area contributed by atoms with Gasteiger partial charge in [0.1, 0.15) is 0 Å². The van der Waals surface area contributed by atoms with Crippen LogP contribution in [-0.2, 0) is 14.8 Å². The van der Waals surface area contributed by atoms with Gasteiger partial charge in [-0.1, -0.05) is 13.8 Å². The van der Waals surface area contributed by atoms with Crippen molar-refractivity contribution in [1.82, 2.24) is 4.72 Å². The summed E-state index contributed by atoms with van der Waals surface area (Å²) in [5.41, 5.74) is -1.06. The summed E-state index contributed by atoms with van der Waals surface area (Å²) >= 11 is 0. The van der Waals surface area contributed by atoms with Crippen molar-refractivity contribution in [3.8, 4) is 0 Å². The summed E-state index contributed by atoms with van der Waals surface area (Å²) in [6, 6.07) is 0. The number of sulfonamides is 1. The molecule has 0 amide bonds. The molecule has 0 radical (unpaired) electrons. The van der Waals surface area contributed by atoms with E-state index < -0.39 is 33.8 Å². The molecule has 0 aromatic heterocycles. The molecule has 0 aliphatic heterocycles. The molecule has 0 spiro atoms. The highest BCUT2D eigenvalue weighted by Gasteiger charge is 2.24. The highest BCUT2D eigenvalue weighted by atomic mass is 32.2. The lowest BCUT2D eigenvalue weighted by Crippen LogP contribution is -2.42. The summed E-state index contributed by atoms with van der Waals surface area (Å²) in [4.78, 5) is 10.2. The predicted molar refractivity (Wildman–Crippen MR) is 59.6 cm³/mol. The molecule has 0 aromatic rings. The van der Waals surface area contributed by atoms with Crippen LogP contribution in [0.15, 0.2) is 0 Å². The van der Waals surface area contributed by atoms with Crippen molar-refractivity contribution in [1.29, 1.82) is 0 Å². The molecule has 0 atom stereocenters. The van der Waals surface area contributed by atoms with E-state index in [0.29, 0.717) is 12.8 Å². The summed E-state index contributed by atoms with van der Waals surface area (Å²) in [6.07, 6.45) is 0.432. The fraction of sp³-hybridized carbons (Fsp3) is 0.889. The third-order valence-corrected chi connectivity index (χ3v) is 3.85. The van der Waals surface area contributed by atoms with Crippen molar-refractivity contribution in [3.05, 3.63) is 0 Å². The van der Waals surface area contributed by atoms with E-state index in [2.05, 4.69) is 4.72 Å². The van der Waals surface area contributed by atoms with Crippen LogP contribution in [0, 0.1) is 0 Å². The maximum absolute atomic E-state index is 11.3. The summed E-state index contributed by atoms with van der Waals surface area (Å²) in [6.45, 7) is 3.44. The van der Waals surface area contributed by atoms with Crippen molar-refractivity contribution in [2.24, 2.45) is 0 Å². The third kappa shape index (κ3) is 6.04. The number of nitrogens with one attached hydrogen (secondary N) is 1. The van der Waals surface area contributed by atoms with E-state index in [0.717, 1.165) is 0 Å². The predicted octanol–water partition coefficient (Wildman–Crippen LogP) is -0.0684. The van der Waals surface area contributed by atoms with E-state index in [-0.39, 0.29) is 6.54 Å². The lowest BCUT2D eigenvalue weighted by Gasteiger charge is -2.25. The number of carboxylic acid groups (broad SMARTS) is 1. The maximum atomic E-state index is 11.3. The zero-order valence-electron chi connectivity index (χ0n) is 9.56. The van der Waals surface area contributed by atoms with Crippen LogP contribution in [0.4, 0.5) is 0 Å². The number of aliphatic carboxylic acids is 1. The van der Waals surface area contributed by atoms with Gasteiger partial charge in [-0.15, -0.1) is 0 Å². The molecule has 0 aromatic carbocycles. The van der Waals surface area contributed by atoms with Crippen LogP contribution >= 0.6 is 0 Å². The molecule has 96 valence electrons. The lowest BCUT2D eigenvalue weighted by molar-refractivity contribution is -0.136. The Hall–Kier alpha value is -0.660. The maximum Gasteiger partial charge on any atom is 0.304 e. The van der Waals surface area contributed by atoms with Crippen molar-refractivity contribution >= 4 is 16.0 Å². The molecular weight excluding hydrogens is 234 g/mol. The molecule has 0 bridgehead atoms. The molecule has 0 saturated carbocycles. The minimum Gasteiger partial charge on any atom is -0.481 e. The van der Waals surface area contributed by atoms with E-state index in [9.17, 15) is 18.3 Å². The number of hydrogen-bond donors (Lipinski definition) is 3. The van der Waals surface area contributed by atoms with Crippen LogP contribution in [0.2, 0.25) is 0 Å². The molecule has 0 aliphatic carbocycles. The molecule has 7 heteroatoms. The van der Waals surface area contributed by atoms with Gasteiger partial charge in [0.25, 0.3) is 0 Å². The number of rotatable bonds is 8. The fourth-order valence-electron chi connectivity index (χ4n) is 1.04. The number of carboxylic acids is 1. The van der Waals surface area contributed by atoms with Crippen LogP contribution in [0.3, 0.4) is 0 Å². The van der Waals surface area contributed by atoms with Gasteiger partial charge in [-0.3, -0.25) is 4.79 Å². The first-order chi connectivity index (χ1) is 7.24. The Kier molecular flexibility index (Phi) is 5.91. The normalized spacial score (nSPS) is 12.7. The third-order valence-electron chi connectivity index (χ3n) is 2.52. The Morgan fingerprint density at radius 3 is 2.19 bits per heavy atom. The number of aliphatic hydroxyl groups is 1. The largest absolute Gasteiger partial charge is 0.481 e. The van der Waals surface area contributed by atoms with Crippen LogP contribution in [0.5, 0.6) is 0 Å². The molecule has 6 nitrogen and oxygen atoms in total. The van der Waals surface area contributed by atoms with Gasteiger partial charge in [0.05, 0.1) is 17.8 Å². The minimum absolute atomic E-state index is 0.0814. The lowest BCUT2D eigenvalue weighted by atomic mass is 9.98. The second-order valence-electron chi connectivity index (χ2n) is 3.72. The zero-order valence-corrected chi connectivity index (χ0v) is 10.4. The van der Waals surface area contributed by atoms with E-state index in [1.54, 1.807) is 13.8 Å².